The van der Waals surface area contributed by atoms with E-state index in [9.17, 15) is 24.8 Å². The minimum Gasteiger partial charge on any atom is -0.504 e. The van der Waals surface area contributed by atoms with Gasteiger partial charge >= 0.3 is 18.0 Å². The number of hydrogen-bond donors (Lipinski definition) is 2. The fourth-order valence-corrected chi connectivity index (χ4v) is 10.1. The first-order chi connectivity index (χ1) is 24.7. The molecule has 5 aliphatic rings. The zero-order valence-electron chi connectivity index (χ0n) is 28.7. The molecule has 7 rings (SSSR count). The number of hydrogen-bond acceptors (Lipinski definition) is 14. The number of carbonyl (C=O) groups excluding carboxylic acids is 3. The van der Waals surface area contributed by atoms with Crippen molar-refractivity contribution in [3.8, 4) is 34.8 Å². The van der Waals surface area contributed by atoms with Gasteiger partial charge in [-0.15, -0.1) is 11.8 Å². The zero-order chi connectivity index (χ0) is 37.4. The average molecular weight is 798 g/mol. The Morgan fingerprint density at radius 1 is 1.15 bits per heavy atom. The molecule has 2 aromatic carbocycles. The van der Waals surface area contributed by atoms with Gasteiger partial charge in [0.25, 0.3) is 0 Å². The topological polar surface area (TPSA) is 169 Å². The first-order valence-corrected chi connectivity index (χ1v) is 18.6. The molecule has 52 heavy (non-hydrogen) atoms. The van der Waals surface area contributed by atoms with Crippen molar-refractivity contribution in [2.24, 2.45) is 0 Å². The second-order valence-electron chi connectivity index (χ2n) is 13.3. The number of likely N-dealkylation sites (N-methyl/N-ethyl adjacent to an activating group) is 1. The average Bonchev–Trinajstić information content (AvgIpc) is 3.57. The van der Waals surface area contributed by atoms with Crippen LogP contribution in [0.3, 0.4) is 0 Å². The van der Waals surface area contributed by atoms with Gasteiger partial charge in [0.2, 0.25) is 10.6 Å². The number of amides is 1. The third kappa shape index (κ3) is 6.01. The van der Waals surface area contributed by atoms with Crippen molar-refractivity contribution in [2.75, 3.05) is 39.9 Å². The number of benzene rings is 2. The Kier molecular flexibility index (Phi) is 9.71. The summed E-state index contributed by atoms with van der Waals surface area (Å²) >= 11 is 18.6. The Morgan fingerprint density at radius 3 is 2.56 bits per heavy atom. The lowest BCUT2D eigenvalue weighted by atomic mass is 9.71. The second kappa shape index (κ2) is 13.7. The van der Waals surface area contributed by atoms with Gasteiger partial charge in [-0.3, -0.25) is 14.6 Å². The summed E-state index contributed by atoms with van der Waals surface area (Å²) in [6.45, 7) is 3.97. The molecule has 5 aliphatic heterocycles. The molecule has 7 atom stereocenters. The summed E-state index contributed by atoms with van der Waals surface area (Å²) in [5.74, 6) is -0.00818. The Morgan fingerprint density at radius 2 is 1.88 bits per heavy atom. The smallest absolute Gasteiger partial charge is 0.408 e. The van der Waals surface area contributed by atoms with Crippen LogP contribution in [0.5, 0.6) is 28.7 Å². The fraction of sp³-hybridized carbons (Fsp3) is 0.529. The number of alkyl halides is 3. The first kappa shape index (κ1) is 36.8. The van der Waals surface area contributed by atoms with Gasteiger partial charge in [0.05, 0.1) is 30.5 Å². The largest absolute Gasteiger partial charge is 0.504 e. The van der Waals surface area contributed by atoms with Crippen LogP contribution in [0.25, 0.3) is 0 Å². The molecule has 0 radical (unpaired) electrons. The molecule has 5 heterocycles. The predicted molar refractivity (Wildman–Crippen MR) is 188 cm³/mol. The normalized spacial score (nSPS) is 27.7. The number of cyclic esters (lactones) is 1. The lowest BCUT2D eigenvalue weighted by Crippen LogP contribution is -2.69. The maximum absolute atomic E-state index is 13.7. The molecule has 278 valence electrons. The summed E-state index contributed by atoms with van der Waals surface area (Å²) in [6.07, 6.45) is -0.553. The lowest BCUT2D eigenvalue weighted by molar-refractivity contribution is -0.151. The van der Waals surface area contributed by atoms with E-state index in [1.807, 2.05) is 20.0 Å². The maximum Gasteiger partial charge on any atom is 0.408 e. The molecule has 0 saturated carbocycles. The van der Waals surface area contributed by atoms with E-state index in [0.29, 0.717) is 45.9 Å². The van der Waals surface area contributed by atoms with Gasteiger partial charge in [-0.1, -0.05) is 40.9 Å². The number of nitrogens with zero attached hydrogens (tertiary/aromatic N) is 3. The van der Waals surface area contributed by atoms with Crippen molar-refractivity contribution < 1.29 is 47.9 Å². The van der Waals surface area contributed by atoms with Crippen LogP contribution in [0.15, 0.2) is 6.07 Å². The van der Waals surface area contributed by atoms with Crippen molar-refractivity contribution in [2.45, 2.75) is 72.5 Å². The van der Waals surface area contributed by atoms with Crippen LogP contribution >= 0.6 is 46.6 Å². The zero-order valence-corrected chi connectivity index (χ0v) is 31.7. The number of halogens is 3. The number of carbonyl (C=O) groups is 3. The van der Waals surface area contributed by atoms with Gasteiger partial charge in [-0.25, -0.2) is 9.59 Å². The number of phenolic OH excluding ortho intramolecular Hbond substituents is 1. The molecule has 0 aromatic heterocycles. The Bertz CT molecular complexity index is 1900. The van der Waals surface area contributed by atoms with Crippen LogP contribution in [-0.4, -0.2) is 101 Å². The SMILES string of the molecule is COc1c(C)cc2c(c1O)[C@@H]1C3[C@@H]4SCC(NC(=O)OCC(Cl)(Cl)Cl)C(=O)OC[C@H](c5c6c(c(C)c(OC(C)=O)c54)OCO6)N3C(C#N)[C@H](C2)N1C. The van der Waals surface area contributed by atoms with E-state index >= 15 is 0 Å². The molecule has 2 aromatic rings. The van der Waals surface area contributed by atoms with Gasteiger partial charge < -0.3 is 38.8 Å². The van der Waals surface area contributed by atoms with Crippen molar-refractivity contribution in [3.05, 3.63) is 39.4 Å². The Balaban J connectivity index is 1.45. The van der Waals surface area contributed by atoms with Crippen LogP contribution < -0.4 is 24.3 Å². The number of aromatic hydroxyl groups is 1. The van der Waals surface area contributed by atoms with Crippen LogP contribution in [0.2, 0.25) is 0 Å². The number of alkyl carbamates (subject to hydrolysis) is 1. The quantitative estimate of drug-likeness (QED) is 0.248. The number of nitrogens with one attached hydrogen (secondary N) is 1. The molecule has 0 spiro atoms. The number of ether oxygens (including phenoxy) is 6. The number of aryl methyl sites for hydroxylation is 1. The van der Waals surface area contributed by atoms with E-state index in [-0.39, 0.29) is 36.7 Å². The van der Waals surface area contributed by atoms with Crippen LogP contribution in [0.4, 0.5) is 4.79 Å². The summed E-state index contributed by atoms with van der Waals surface area (Å²) in [4.78, 5) is 43.4. The van der Waals surface area contributed by atoms with Gasteiger partial charge in [0, 0.05) is 47.0 Å². The van der Waals surface area contributed by atoms with Crippen LogP contribution in [0.1, 0.15) is 57.6 Å². The van der Waals surface area contributed by atoms with E-state index in [4.69, 9.17) is 63.2 Å². The molecule has 4 bridgehead atoms. The number of nitriles is 1. The molecule has 0 aliphatic carbocycles. The summed E-state index contributed by atoms with van der Waals surface area (Å²) in [6, 6.07) is 0.309. The molecule has 2 fully saturated rings. The third-order valence-corrected chi connectivity index (χ3v) is 12.0. The number of rotatable bonds is 4. The molecule has 2 saturated heterocycles. The highest BCUT2D eigenvalue weighted by Crippen LogP contribution is 2.64. The second-order valence-corrected chi connectivity index (χ2v) is 17.0. The number of esters is 2. The number of thioether (sulfide) groups is 1. The fourth-order valence-electron chi connectivity index (χ4n) is 8.40. The minimum absolute atomic E-state index is 0.00825. The van der Waals surface area contributed by atoms with Crippen LogP contribution in [-0.2, 0) is 25.5 Å². The van der Waals surface area contributed by atoms with E-state index in [0.717, 1.165) is 11.1 Å². The standard InChI is InChI=1S/C34H35Cl3N4O10S/c1-13-6-16-7-18-19(8-38)41-20-9-47-32(44)17(39-33(45)48-11-34(35,36)37)10-52-31(25(41)24(40(18)4)21(16)26(43)27(13)46-5)23-22(20)30-29(49-12-50-30)14(2)28(23)51-15(3)42/h6,17-20,24-25,31,43H,7,9-12H2,1-5H3,(H,39,45)/t17?,18-,19?,20+,24+,25?,31+/m0/s1. The molecule has 18 heteroatoms. The molecular weight excluding hydrogens is 763 g/mol. The highest BCUT2D eigenvalue weighted by atomic mass is 35.6. The van der Waals surface area contributed by atoms with Crippen molar-refractivity contribution in [1.29, 1.82) is 5.26 Å². The predicted octanol–water partition coefficient (Wildman–Crippen LogP) is 4.70. The Labute approximate surface area is 318 Å². The highest BCUT2D eigenvalue weighted by molar-refractivity contribution is 7.99. The van der Waals surface area contributed by atoms with E-state index in [1.54, 1.807) is 6.92 Å². The number of methoxy groups -OCH3 is 1. The van der Waals surface area contributed by atoms with E-state index in [2.05, 4.69) is 21.2 Å². The van der Waals surface area contributed by atoms with E-state index in [1.165, 1.54) is 25.8 Å². The summed E-state index contributed by atoms with van der Waals surface area (Å²) < 4.78 is 32.8. The van der Waals surface area contributed by atoms with Crippen molar-refractivity contribution in [1.82, 2.24) is 15.1 Å². The molecule has 14 nitrogen and oxygen atoms in total. The van der Waals surface area contributed by atoms with Gasteiger partial charge in [-0.2, -0.15) is 5.26 Å². The number of piperazine rings is 1. The number of fused-ring (bicyclic) bond motifs is 9. The highest BCUT2D eigenvalue weighted by Gasteiger charge is 2.60. The Hall–Kier alpha value is -3.52. The maximum atomic E-state index is 13.7. The van der Waals surface area contributed by atoms with Gasteiger partial charge in [0.15, 0.2) is 23.0 Å². The monoisotopic (exact) mass is 796 g/mol. The van der Waals surface area contributed by atoms with Crippen molar-refractivity contribution >= 4 is 64.6 Å². The summed E-state index contributed by atoms with van der Waals surface area (Å²) in [5, 5.41) is 24.7. The number of phenols is 1. The first-order valence-electron chi connectivity index (χ1n) is 16.4. The summed E-state index contributed by atoms with van der Waals surface area (Å²) in [5.41, 5.74) is 3.97. The van der Waals surface area contributed by atoms with E-state index < -0.39 is 63.9 Å². The molecule has 3 unspecified atom stereocenters. The molecular formula is C34H35Cl3N4O10S. The van der Waals surface area contributed by atoms with Gasteiger partial charge in [-0.05, 0) is 38.4 Å². The summed E-state index contributed by atoms with van der Waals surface area (Å²) in [7, 11) is 3.42. The third-order valence-electron chi connectivity index (χ3n) is 10.3. The van der Waals surface area contributed by atoms with Crippen molar-refractivity contribution in [3.63, 3.8) is 0 Å². The lowest BCUT2D eigenvalue weighted by Gasteiger charge is -2.61. The molecule has 1 amide bonds. The van der Waals surface area contributed by atoms with Gasteiger partial charge in [0.1, 0.15) is 31.0 Å². The molecule has 2 N–H and O–H groups in total. The minimum atomic E-state index is -1.88. The van der Waals surface area contributed by atoms with Crippen LogP contribution in [0, 0.1) is 25.2 Å².